The summed E-state index contributed by atoms with van der Waals surface area (Å²) >= 11 is 0. The first-order valence-corrected chi connectivity index (χ1v) is 11.8. The molecule has 1 aliphatic carbocycles. The summed E-state index contributed by atoms with van der Waals surface area (Å²) in [4.78, 5) is 5.30. The van der Waals surface area contributed by atoms with Crippen LogP contribution in [0.25, 0.3) is 0 Å². The molecule has 4 atom stereocenters. The number of likely N-dealkylation sites (tertiary alicyclic amines) is 1. The molecule has 1 saturated carbocycles. The number of nitrogens with zero attached hydrogens (tertiary/aromatic N) is 2. The second kappa shape index (κ2) is 11.7. The Kier molecular flexibility index (Phi) is 9.94. The first kappa shape index (κ1) is 22.2. The molecule has 0 radical (unpaired) electrons. The summed E-state index contributed by atoms with van der Waals surface area (Å²) in [5.74, 6) is 0.732. The SMILES string of the molecule is CCCCCCCC(CCCCCCC)N1C[C@H]2C[C@H](N(C)C)[C@@H]1[C@@H]2N. The average Bonchev–Trinajstić information content (AvgIpc) is 3.12. The van der Waals surface area contributed by atoms with Crippen LogP contribution in [0.4, 0.5) is 0 Å². The van der Waals surface area contributed by atoms with E-state index in [0.717, 1.165) is 12.0 Å². The molecule has 2 bridgehead atoms. The minimum absolute atomic E-state index is 0.407. The third-order valence-corrected chi connectivity index (χ3v) is 7.12. The molecule has 0 aromatic carbocycles. The van der Waals surface area contributed by atoms with Gasteiger partial charge in [-0.05, 0) is 39.3 Å². The highest BCUT2D eigenvalue weighted by atomic mass is 15.3. The summed E-state index contributed by atoms with van der Waals surface area (Å²) in [6.45, 7) is 5.89. The Bertz CT molecular complexity index is 356. The lowest BCUT2D eigenvalue weighted by Crippen LogP contribution is -2.54. The molecule has 1 heterocycles. The van der Waals surface area contributed by atoms with Crippen molar-refractivity contribution in [2.75, 3.05) is 20.6 Å². The largest absolute Gasteiger partial charge is 0.326 e. The van der Waals surface area contributed by atoms with E-state index in [1.807, 2.05) is 0 Å². The van der Waals surface area contributed by atoms with Crippen LogP contribution in [0.5, 0.6) is 0 Å². The third kappa shape index (κ3) is 5.94. The number of hydrogen-bond donors (Lipinski definition) is 1. The Hall–Kier alpha value is -0.120. The molecule has 2 fully saturated rings. The van der Waals surface area contributed by atoms with Gasteiger partial charge in [-0.25, -0.2) is 0 Å². The molecule has 0 amide bonds. The quantitative estimate of drug-likeness (QED) is 0.438. The lowest BCUT2D eigenvalue weighted by Gasteiger charge is -2.41. The molecular weight excluding hydrogens is 318 g/mol. The second-order valence-electron chi connectivity index (χ2n) is 9.35. The van der Waals surface area contributed by atoms with E-state index in [-0.39, 0.29) is 0 Å². The number of unbranched alkanes of at least 4 members (excludes halogenated alkanes) is 8. The summed E-state index contributed by atoms with van der Waals surface area (Å²) in [5, 5.41) is 0. The van der Waals surface area contributed by atoms with Gasteiger partial charge in [0.2, 0.25) is 0 Å². The highest BCUT2D eigenvalue weighted by Gasteiger charge is 2.52. The van der Waals surface area contributed by atoms with Crippen molar-refractivity contribution in [2.24, 2.45) is 11.7 Å². The van der Waals surface area contributed by atoms with Crippen LogP contribution in [0.3, 0.4) is 0 Å². The summed E-state index contributed by atoms with van der Waals surface area (Å²) in [6, 6.07) is 2.46. The van der Waals surface area contributed by atoms with Crippen LogP contribution in [-0.4, -0.2) is 54.6 Å². The molecule has 1 saturated heterocycles. The lowest BCUT2D eigenvalue weighted by molar-refractivity contribution is 0.0692. The zero-order chi connectivity index (χ0) is 18.9. The van der Waals surface area contributed by atoms with E-state index >= 15 is 0 Å². The molecule has 0 aromatic rings. The van der Waals surface area contributed by atoms with Crippen LogP contribution in [0, 0.1) is 5.92 Å². The molecule has 0 aromatic heterocycles. The molecule has 154 valence electrons. The predicted octanol–water partition coefficient (Wildman–Crippen LogP) is 5.04. The summed E-state index contributed by atoms with van der Waals surface area (Å²) in [6.07, 6.45) is 18.1. The van der Waals surface area contributed by atoms with E-state index in [1.165, 1.54) is 90.0 Å². The molecule has 2 N–H and O–H groups in total. The van der Waals surface area contributed by atoms with Crippen molar-refractivity contribution in [3.05, 3.63) is 0 Å². The van der Waals surface area contributed by atoms with Crippen molar-refractivity contribution in [3.8, 4) is 0 Å². The second-order valence-corrected chi connectivity index (χ2v) is 9.35. The number of rotatable bonds is 14. The van der Waals surface area contributed by atoms with E-state index in [4.69, 9.17) is 5.73 Å². The van der Waals surface area contributed by atoms with Crippen LogP contribution in [0.15, 0.2) is 0 Å². The van der Waals surface area contributed by atoms with Gasteiger partial charge in [-0.1, -0.05) is 78.1 Å². The van der Waals surface area contributed by atoms with E-state index < -0.39 is 0 Å². The molecule has 2 rings (SSSR count). The van der Waals surface area contributed by atoms with Crippen LogP contribution in [0.2, 0.25) is 0 Å². The van der Waals surface area contributed by atoms with Crippen LogP contribution >= 0.6 is 0 Å². The van der Waals surface area contributed by atoms with Crippen molar-refractivity contribution in [2.45, 2.75) is 121 Å². The molecule has 0 spiro atoms. The van der Waals surface area contributed by atoms with Crippen LogP contribution < -0.4 is 5.73 Å². The van der Waals surface area contributed by atoms with Crippen molar-refractivity contribution in [1.82, 2.24) is 9.80 Å². The standard InChI is InChI=1S/C23H47N3/c1-5-7-9-11-13-15-20(16-14-12-10-8-6-2)26-18-19-17-21(25(3)4)23(26)22(19)24/h19-23H,5-18,24H2,1-4H3/t19-,21+,22-,23-/m1/s1. The number of hydrogen-bond acceptors (Lipinski definition) is 3. The van der Waals surface area contributed by atoms with Crippen LogP contribution in [-0.2, 0) is 0 Å². The van der Waals surface area contributed by atoms with Crippen molar-refractivity contribution >= 4 is 0 Å². The van der Waals surface area contributed by atoms with Gasteiger partial charge in [-0.2, -0.15) is 0 Å². The molecular formula is C23H47N3. The Balaban J connectivity index is 1.89. The average molecular weight is 366 g/mol. The smallest absolute Gasteiger partial charge is 0.0408 e. The zero-order valence-electron chi connectivity index (χ0n) is 18.3. The van der Waals surface area contributed by atoms with E-state index in [2.05, 4.69) is 37.7 Å². The van der Waals surface area contributed by atoms with Gasteiger partial charge in [0.15, 0.2) is 0 Å². The fourth-order valence-corrected chi connectivity index (χ4v) is 5.52. The van der Waals surface area contributed by atoms with Crippen molar-refractivity contribution in [3.63, 3.8) is 0 Å². The Morgan fingerprint density at radius 3 is 1.88 bits per heavy atom. The van der Waals surface area contributed by atoms with Gasteiger partial charge < -0.3 is 10.6 Å². The predicted molar refractivity (Wildman–Crippen MR) is 115 cm³/mol. The highest BCUT2D eigenvalue weighted by molar-refractivity contribution is 5.10. The van der Waals surface area contributed by atoms with Gasteiger partial charge in [0.25, 0.3) is 0 Å². The van der Waals surface area contributed by atoms with Gasteiger partial charge in [0, 0.05) is 30.7 Å². The van der Waals surface area contributed by atoms with Crippen LogP contribution in [0.1, 0.15) is 97.3 Å². The number of nitrogens with two attached hydrogens (primary N) is 1. The Labute approximate surface area is 164 Å². The van der Waals surface area contributed by atoms with Gasteiger partial charge in [-0.3, -0.25) is 4.90 Å². The molecule has 3 heteroatoms. The Morgan fingerprint density at radius 1 is 0.885 bits per heavy atom. The van der Waals surface area contributed by atoms with Crippen molar-refractivity contribution in [1.29, 1.82) is 0 Å². The normalized spacial score (nSPS) is 28.7. The molecule has 26 heavy (non-hydrogen) atoms. The summed E-state index contributed by atoms with van der Waals surface area (Å²) < 4.78 is 0. The minimum Gasteiger partial charge on any atom is -0.326 e. The van der Waals surface area contributed by atoms with Crippen molar-refractivity contribution < 1.29 is 0 Å². The summed E-state index contributed by atoms with van der Waals surface area (Å²) in [5.41, 5.74) is 6.66. The van der Waals surface area contributed by atoms with E-state index in [0.29, 0.717) is 18.1 Å². The van der Waals surface area contributed by atoms with Gasteiger partial charge in [0.1, 0.15) is 0 Å². The van der Waals surface area contributed by atoms with Gasteiger partial charge >= 0.3 is 0 Å². The first-order chi connectivity index (χ1) is 12.6. The van der Waals surface area contributed by atoms with Gasteiger partial charge in [-0.15, -0.1) is 0 Å². The number of likely N-dealkylation sites (N-methyl/N-ethyl adjacent to an activating group) is 1. The maximum Gasteiger partial charge on any atom is 0.0408 e. The fraction of sp³-hybridized carbons (Fsp3) is 1.00. The monoisotopic (exact) mass is 365 g/mol. The Morgan fingerprint density at radius 2 is 1.42 bits per heavy atom. The highest BCUT2D eigenvalue weighted by Crippen LogP contribution is 2.41. The third-order valence-electron chi connectivity index (χ3n) is 7.12. The number of piperidine rings is 1. The molecule has 0 unspecified atom stereocenters. The zero-order valence-corrected chi connectivity index (χ0v) is 18.3. The van der Waals surface area contributed by atoms with Gasteiger partial charge in [0.05, 0.1) is 0 Å². The topological polar surface area (TPSA) is 32.5 Å². The minimum atomic E-state index is 0.407. The maximum absolute atomic E-state index is 6.66. The molecule has 2 aliphatic rings. The maximum atomic E-state index is 6.66. The first-order valence-electron chi connectivity index (χ1n) is 11.8. The molecule has 3 nitrogen and oxygen atoms in total. The van der Waals surface area contributed by atoms with E-state index in [9.17, 15) is 0 Å². The number of fused-ring (bicyclic) bond motifs is 2. The fourth-order valence-electron chi connectivity index (χ4n) is 5.52. The summed E-state index contributed by atoms with van der Waals surface area (Å²) in [7, 11) is 4.50. The lowest BCUT2D eigenvalue weighted by atomic mass is 9.95. The molecule has 1 aliphatic heterocycles. The van der Waals surface area contributed by atoms with E-state index in [1.54, 1.807) is 0 Å².